The van der Waals surface area contributed by atoms with Gasteiger partial charge >= 0.3 is 6.18 Å². The van der Waals surface area contributed by atoms with Crippen LogP contribution in [0.15, 0.2) is 0 Å². The van der Waals surface area contributed by atoms with Gasteiger partial charge in [-0.15, -0.1) is 5.10 Å². The van der Waals surface area contributed by atoms with Crippen LogP contribution in [0.2, 0.25) is 0 Å². The van der Waals surface area contributed by atoms with Crippen molar-refractivity contribution in [2.45, 2.75) is 44.1 Å². The first-order chi connectivity index (χ1) is 10.9. The number of aromatic nitrogens is 3. The summed E-state index contributed by atoms with van der Waals surface area (Å²) < 4.78 is 42.8. The normalized spacial score (nSPS) is 28.2. The molecular weight excluding hydrogens is 315 g/mol. The molecule has 0 aromatic carbocycles. The minimum absolute atomic E-state index is 0.0153. The van der Waals surface area contributed by atoms with Crippen LogP contribution < -0.4 is 10.6 Å². The molecule has 3 rings (SSSR count). The minimum Gasteiger partial charge on any atom is -0.375 e. The van der Waals surface area contributed by atoms with Crippen LogP contribution >= 0.6 is 0 Å². The first-order valence-corrected chi connectivity index (χ1v) is 7.54. The van der Waals surface area contributed by atoms with E-state index in [1.54, 1.807) is 0 Å². The highest BCUT2D eigenvalue weighted by molar-refractivity contribution is 5.78. The lowest BCUT2D eigenvalue weighted by Gasteiger charge is -2.39. The van der Waals surface area contributed by atoms with E-state index in [4.69, 9.17) is 4.74 Å². The number of amides is 1. The molecule has 1 amide bonds. The number of hydrogen-bond donors (Lipinski definition) is 3. The summed E-state index contributed by atoms with van der Waals surface area (Å²) in [6, 6.07) is 0.162. The van der Waals surface area contributed by atoms with Crippen molar-refractivity contribution in [3.05, 3.63) is 11.6 Å². The maximum absolute atomic E-state index is 12.4. The summed E-state index contributed by atoms with van der Waals surface area (Å²) in [7, 11) is 0. The van der Waals surface area contributed by atoms with Crippen molar-refractivity contribution in [1.29, 1.82) is 0 Å². The number of aromatic amines is 1. The number of morpholine rings is 1. The second-order valence-corrected chi connectivity index (χ2v) is 5.80. The summed E-state index contributed by atoms with van der Waals surface area (Å²) in [4.78, 5) is 15.5. The highest BCUT2D eigenvalue weighted by atomic mass is 19.4. The van der Waals surface area contributed by atoms with Crippen LogP contribution in [-0.4, -0.2) is 46.4 Å². The van der Waals surface area contributed by atoms with Gasteiger partial charge in [0.25, 0.3) is 5.82 Å². The summed E-state index contributed by atoms with van der Waals surface area (Å²) >= 11 is 0. The Morgan fingerprint density at radius 3 is 2.96 bits per heavy atom. The van der Waals surface area contributed by atoms with Crippen molar-refractivity contribution in [3.8, 4) is 0 Å². The third-order valence-corrected chi connectivity index (χ3v) is 4.21. The number of halogens is 3. The Balaban J connectivity index is 1.50. The molecular formula is C13H18F3N5O2. The van der Waals surface area contributed by atoms with Gasteiger partial charge < -0.3 is 15.4 Å². The van der Waals surface area contributed by atoms with E-state index in [0.717, 1.165) is 13.0 Å². The molecule has 3 N–H and O–H groups in total. The second-order valence-electron chi connectivity index (χ2n) is 5.80. The van der Waals surface area contributed by atoms with Gasteiger partial charge in [0.15, 0.2) is 0 Å². The quantitative estimate of drug-likeness (QED) is 0.753. The number of nitrogens with zero attached hydrogens (tertiary/aromatic N) is 2. The molecule has 7 nitrogen and oxygen atoms in total. The van der Waals surface area contributed by atoms with Crippen LogP contribution in [-0.2, 0) is 22.3 Å². The van der Waals surface area contributed by atoms with E-state index in [0.29, 0.717) is 19.4 Å². The minimum atomic E-state index is -4.59. The number of fused-ring (bicyclic) bond motifs is 1. The van der Waals surface area contributed by atoms with Crippen LogP contribution in [0.5, 0.6) is 0 Å². The summed E-state index contributed by atoms with van der Waals surface area (Å²) in [6.45, 7) is 1.36. The van der Waals surface area contributed by atoms with Gasteiger partial charge in [-0.05, 0) is 19.3 Å². The number of nitrogens with one attached hydrogen (secondary N) is 3. The Kier molecular flexibility index (Phi) is 4.53. The van der Waals surface area contributed by atoms with E-state index < -0.39 is 12.0 Å². The van der Waals surface area contributed by atoms with Gasteiger partial charge in [-0.25, -0.2) is 4.98 Å². The summed E-state index contributed by atoms with van der Waals surface area (Å²) in [6.07, 6.45) is -2.27. The first kappa shape index (κ1) is 16.2. The smallest absolute Gasteiger partial charge is 0.375 e. The van der Waals surface area contributed by atoms with Gasteiger partial charge in [-0.2, -0.15) is 13.2 Å². The largest absolute Gasteiger partial charge is 0.453 e. The third kappa shape index (κ3) is 3.81. The van der Waals surface area contributed by atoms with E-state index in [2.05, 4.69) is 25.8 Å². The number of hydrogen-bond acceptors (Lipinski definition) is 5. The van der Waals surface area contributed by atoms with Gasteiger partial charge in [0.1, 0.15) is 5.82 Å². The molecule has 128 valence electrons. The molecule has 1 saturated carbocycles. The summed E-state index contributed by atoms with van der Waals surface area (Å²) in [5, 5.41) is 11.2. The Morgan fingerprint density at radius 2 is 2.22 bits per heavy atom. The average molecular weight is 333 g/mol. The fourth-order valence-corrected chi connectivity index (χ4v) is 3.07. The topological polar surface area (TPSA) is 91.9 Å². The zero-order chi connectivity index (χ0) is 16.4. The number of carbonyl (C=O) groups is 1. The Hall–Kier alpha value is -1.68. The second kappa shape index (κ2) is 6.44. The highest BCUT2D eigenvalue weighted by Crippen LogP contribution is 2.28. The molecule has 3 atom stereocenters. The van der Waals surface area contributed by atoms with Crippen molar-refractivity contribution >= 4 is 5.91 Å². The van der Waals surface area contributed by atoms with Gasteiger partial charge in [-0.3, -0.25) is 9.89 Å². The van der Waals surface area contributed by atoms with Crippen molar-refractivity contribution in [2.24, 2.45) is 5.92 Å². The van der Waals surface area contributed by atoms with Gasteiger partial charge in [0, 0.05) is 18.5 Å². The number of rotatable bonds is 3. The molecule has 0 bridgehead atoms. The van der Waals surface area contributed by atoms with E-state index in [1.165, 1.54) is 0 Å². The zero-order valence-corrected chi connectivity index (χ0v) is 12.3. The van der Waals surface area contributed by atoms with E-state index in [1.807, 2.05) is 0 Å². The predicted molar refractivity (Wildman–Crippen MR) is 72.1 cm³/mol. The molecule has 1 aromatic rings. The Morgan fingerprint density at radius 1 is 1.39 bits per heavy atom. The number of alkyl halides is 3. The van der Waals surface area contributed by atoms with Crippen molar-refractivity contribution in [3.63, 3.8) is 0 Å². The molecule has 0 unspecified atom stereocenters. The summed E-state index contributed by atoms with van der Waals surface area (Å²) in [5.41, 5.74) is 0. The maximum Gasteiger partial charge on any atom is 0.453 e. The molecule has 1 aliphatic heterocycles. The molecule has 23 heavy (non-hydrogen) atoms. The van der Waals surface area contributed by atoms with Crippen LogP contribution in [0.4, 0.5) is 13.2 Å². The molecule has 2 aliphatic rings. The van der Waals surface area contributed by atoms with Crippen LogP contribution in [0, 0.1) is 5.92 Å². The lowest BCUT2D eigenvalue weighted by atomic mass is 9.82. The Bertz CT molecular complexity index is 562. The van der Waals surface area contributed by atoms with Crippen molar-refractivity contribution in [1.82, 2.24) is 25.8 Å². The molecule has 2 fully saturated rings. The lowest BCUT2D eigenvalue weighted by molar-refractivity contribution is -0.144. The van der Waals surface area contributed by atoms with Crippen LogP contribution in [0.3, 0.4) is 0 Å². The highest BCUT2D eigenvalue weighted by Gasteiger charge is 2.37. The Labute approximate surface area is 130 Å². The van der Waals surface area contributed by atoms with Gasteiger partial charge in [0.2, 0.25) is 5.91 Å². The zero-order valence-electron chi connectivity index (χ0n) is 12.3. The standard InChI is InChI=1S/C13H18F3N5O2/c14-13(15,16)12-19-10(20-21-12)6-18-11(22)7-1-2-9-8(5-7)17-3-4-23-9/h7-9,17H,1-6H2,(H,18,22)(H,19,20,21)/t7-,8+,9+/m0/s1. The van der Waals surface area contributed by atoms with Crippen molar-refractivity contribution < 1.29 is 22.7 Å². The van der Waals surface area contributed by atoms with Crippen molar-refractivity contribution in [2.75, 3.05) is 13.2 Å². The fourth-order valence-electron chi connectivity index (χ4n) is 3.07. The van der Waals surface area contributed by atoms with Crippen LogP contribution in [0.25, 0.3) is 0 Å². The fraction of sp³-hybridized carbons (Fsp3) is 0.769. The van der Waals surface area contributed by atoms with E-state index in [9.17, 15) is 18.0 Å². The van der Waals surface area contributed by atoms with Gasteiger partial charge in [0.05, 0.1) is 19.3 Å². The van der Waals surface area contributed by atoms with Crippen LogP contribution in [0.1, 0.15) is 30.9 Å². The molecule has 2 heterocycles. The molecule has 10 heteroatoms. The maximum atomic E-state index is 12.4. The average Bonchev–Trinajstić information content (AvgIpc) is 3.01. The lowest BCUT2D eigenvalue weighted by Crippen LogP contribution is -2.53. The number of ether oxygens (including phenoxy) is 1. The molecule has 0 radical (unpaired) electrons. The summed E-state index contributed by atoms with van der Waals surface area (Å²) in [5.74, 6) is -1.60. The SMILES string of the molecule is O=C(NCc1nc(C(F)(F)F)n[nH]1)[C@H]1CC[C@H]2OCCN[C@@H]2C1. The molecule has 1 aromatic heterocycles. The first-order valence-electron chi connectivity index (χ1n) is 7.54. The van der Waals surface area contributed by atoms with E-state index in [-0.39, 0.29) is 36.3 Å². The number of carbonyl (C=O) groups excluding carboxylic acids is 1. The number of H-pyrrole nitrogens is 1. The molecule has 1 saturated heterocycles. The van der Waals surface area contributed by atoms with Gasteiger partial charge in [-0.1, -0.05) is 0 Å². The monoisotopic (exact) mass is 333 g/mol. The van der Waals surface area contributed by atoms with E-state index >= 15 is 0 Å². The predicted octanol–water partition coefficient (Wildman–Crippen LogP) is 0.597. The third-order valence-electron chi connectivity index (χ3n) is 4.21. The molecule has 0 spiro atoms. The molecule has 1 aliphatic carbocycles.